The van der Waals surface area contributed by atoms with Crippen LogP contribution in [0.3, 0.4) is 0 Å². The molecule has 2 heterocycles. The number of nitrogens with two attached hydrogens (primary N) is 1. The van der Waals surface area contributed by atoms with E-state index in [2.05, 4.69) is 4.74 Å². The van der Waals surface area contributed by atoms with Gasteiger partial charge in [0.15, 0.2) is 0 Å². The first kappa shape index (κ1) is 22.4. The maximum Gasteiger partial charge on any atom is 0.387 e. The molecule has 2 atom stereocenters. The van der Waals surface area contributed by atoms with Gasteiger partial charge < -0.3 is 20.3 Å². The van der Waals surface area contributed by atoms with Gasteiger partial charge in [-0.05, 0) is 37.8 Å². The molecule has 0 radical (unpaired) electrons. The number of ether oxygens (including phenoxy) is 1. The monoisotopic (exact) mass is 417 g/mol. The normalized spacial score (nSPS) is 22.1. The minimum Gasteiger partial charge on any atom is -0.434 e. The Hall–Kier alpha value is -1.93. The van der Waals surface area contributed by atoms with Crippen molar-refractivity contribution in [3.05, 3.63) is 29.8 Å². The highest BCUT2D eigenvalue weighted by atomic mass is 35.5. The van der Waals surface area contributed by atoms with Crippen LogP contribution in [0.1, 0.15) is 36.0 Å². The van der Waals surface area contributed by atoms with Gasteiger partial charge in [-0.15, -0.1) is 12.4 Å². The van der Waals surface area contributed by atoms with Gasteiger partial charge in [0, 0.05) is 32.2 Å². The second-order valence-corrected chi connectivity index (χ2v) is 7.03. The van der Waals surface area contributed by atoms with Crippen LogP contribution in [-0.2, 0) is 4.79 Å². The van der Waals surface area contributed by atoms with E-state index in [0.717, 1.165) is 12.8 Å². The van der Waals surface area contributed by atoms with Crippen molar-refractivity contribution in [2.75, 3.05) is 26.2 Å². The summed E-state index contributed by atoms with van der Waals surface area (Å²) in [6, 6.07) is 6.04. The third-order valence-corrected chi connectivity index (χ3v) is 5.32. The summed E-state index contributed by atoms with van der Waals surface area (Å²) in [5.41, 5.74) is 5.86. The van der Waals surface area contributed by atoms with Crippen LogP contribution in [0.15, 0.2) is 24.3 Å². The van der Waals surface area contributed by atoms with Crippen LogP contribution in [-0.4, -0.2) is 60.4 Å². The Morgan fingerprint density at radius 1 is 1.18 bits per heavy atom. The highest BCUT2D eigenvalue weighted by molar-refractivity contribution is 5.97. The van der Waals surface area contributed by atoms with E-state index in [-0.39, 0.29) is 54.0 Å². The lowest BCUT2D eigenvalue weighted by atomic mass is 9.95. The van der Waals surface area contributed by atoms with Gasteiger partial charge in [0.2, 0.25) is 5.91 Å². The third kappa shape index (κ3) is 4.91. The maximum atomic E-state index is 12.9. The van der Waals surface area contributed by atoms with E-state index in [1.165, 1.54) is 18.2 Å². The Bertz CT molecular complexity index is 692. The third-order valence-electron chi connectivity index (χ3n) is 5.32. The maximum absolute atomic E-state index is 12.9. The number of amides is 2. The molecule has 3 rings (SSSR count). The summed E-state index contributed by atoms with van der Waals surface area (Å²) in [6.07, 6.45) is 3.27. The molecule has 2 saturated heterocycles. The molecule has 2 fully saturated rings. The molecule has 0 spiro atoms. The molecule has 0 saturated carbocycles. The summed E-state index contributed by atoms with van der Waals surface area (Å²) in [6.45, 7) is -1.08. The quantitative estimate of drug-likeness (QED) is 0.798. The molecular weight excluding hydrogens is 392 g/mol. The van der Waals surface area contributed by atoms with E-state index >= 15 is 0 Å². The zero-order valence-electron chi connectivity index (χ0n) is 15.6. The van der Waals surface area contributed by atoms with E-state index in [9.17, 15) is 18.4 Å². The molecule has 2 N–H and O–H groups in total. The lowest BCUT2D eigenvalue weighted by Gasteiger charge is -2.35. The summed E-state index contributed by atoms with van der Waals surface area (Å²) in [5.74, 6) is -0.773. The molecule has 156 valence electrons. The lowest BCUT2D eigenvalue weighted by Crippen LogP contribution is -2.49. The van der Waals surface area contributed by atoms with Crippen molar-refractivity contribution in [2.24, 2.45) is 11.7 Å². The van der Waals surface area contributed by atoms with Crippen LogP contribution in [0.4, 0.5) is 8.78 Å². The first-order valence-electron chi connectivity index (χ1n) is 9.35. The molecule has 9 heteroatoms. The number of alkyl halides is 2. The molecule has 2 unspecified atom stereocenters. The number of rotatable bonds is 5. The zero-order chi connectivity index (χ0) is 19.4. The first-order valence-corrected chi connectivity index (χ1v) is 9.35. The topological polar surface area (TPSA) is 75.9 Å². The molecule has 1 aromatic rings. The second kappa shape index (κ2) is 10.0. The number of nitrogens with zero attached hydrogens (tertiary/aromatic N) is 2. The van der Waals surface area contributed by atoms with E-state index in [1.807, 2.05) is 4.90 Å². The Labute approximate surface area is 169 Å². The number of likely N-dealkylation sites (tertiary alicyclic amines) is 2. The van der Waals surface area contributed by atoms with Crippen LogP contribution in [0, 0.1) is 5.92 Å². The summed E-state index contributed by atoms with van der Waals surface area (Å²) >= 11 is 0. The second-order valence-electron chi connectivity index (χ2n) is 7.03. The van der Waals surface area contributed by atoms with Gasteiger partial charge in [0.1, 0.15) is 5.75 Å². The molecule has 2 amide bonds. The van der Waals surface area contributed by atoms with Crippen LogP contribution in [0.25, 0.3) is 0 Å². The number of halogens is 3. The predicted molar refractivity (Wildman–Crippen MR) is 103 cm³/mol. The molecule has 0 aromatic heterocycles. The van der Waals surface area contributed by atoms with Crippen molar-refractivity contribution in [1.82, 2.24) is 9.80 Å². The Morgan fingerprint density at radius 3 is 2.61 bits per heavy atom. The van der Waals surface area contributed by atoms with Gasteiger partial charge >= 0.3 is 6.61 Å². The SMILES string of the molecule is Cl.NCC1CCCN1C(=O)C1CCCN(C(=O)c2ccccc2OC(F)F)C1. The van der Waals surface area contributed by atoms with Crippen molar-refractivity contribution in [3.63, 3.8) is 0 Å². The predicted octanol–water partition coefficient (Wildman–Crippen LogP) is 2.51. The van der Waals surface area contributed by atoms with Crippen molar-refractivity contribution >= 4 is 24.2 Å². The van der Waals surface area contributed by atoms with Crippen LogP contribution >= 0.6 is 12.4 Å². The lowest BCUT2D eigenvalue weighted by molar-refractivity contribution is -0.137. The van der Waals surface area contributed by atoms with Gasteiger partial charge in [-0.1, -0.05) is 12.1 Å². The number of piperidine rings is 1. The van der Waals surface area contributed by atoms with Crippen molar-refractivity contribution in [2.45, 2.75) is 38.3 Å². The number of benzene rings is 1. The van der Waals surface area contributed by atoms with Gasteiger partial charge in [-0.25, -0.2) is 0 Å². The molecule has 2 aliphatic rings. The Kier molecular flexibility index (Phi) is 8.00. The Balaban J connectivity index is 0.00000280. The van der Waals surface area contributed by atoms with E-state index in [4.69, 9.17) is 5.73 Å². The van der Waals surface area contributed by atoms with Crippen molar-refractivity contribution in [1.29, 1.82) is 0 Å². The minimum absolute atomic E-state index is 0. The largest absolute Gasteiger partial charge is 0.434 e. The molecule has 1 aromatic carbocycles. The fraction of sp³-hybridized carbons (Fsp3) is 0.579. The van der Waals surface area contributed by atoms with Crippen LogP contribution < -0.4 is 10.5 Å². The average molecular weight is 418 g/mol. The van der Waals surface area contributed by atoms with E-state index in [1.54, 1.807) is 11.0 Å². The molecule has 6 nitrogen and oxygen atoms in total. The van der Waals surface area contributed by atoms with Gasteiger partial charge in [0.25, 0.3) is 5.91 Å². The van der Waals surface area contributed by atoms with Gasteiger partial charge in [-0.3, -0.25) is 9.59 Å². The molecular formula is C19H26ClF2N3O3. The standard InChI is InChI=1S/C19H25F2N3O3.ClH/c20-19(21)27-16-8-2-1-7-15(16)18(26)23-9-3-5-13(12-23)17(25)24-10-4-6-14(24)11-22;/h1-2,7-8,13-14,19H,3-6,9-12,22H2;1H. The van der Waals surface area contributed by atoms with Crippen LogP contribution in [0.2, 0.25) is 0 Å². The fourth-order valence-electron chi connectivity index (χ4n) is 3.98. The zero-order valence-corrected chi connectivity index (χ0v) is 16.4. The summed E-state index contributed by atoms with van der Waals surface area (Å²) in [4.78, 5) is 29.2. The molecule has 2 aliphatic heterocycles. The molecule has 28 heavy (non-hydrogen) atoms. The molecule has 0 aliphatic carbocycles. The summed E-state index contributed by atoms with van der Waals surface area (Å²) < 4.78 is 29.7. The highest BCUT2D eigenvalue weighted by Gasteiger charge is 2.36. The highest BCUT2D eigenvalue weighted by Crippen LogP contribution is 2.27. The first-order chi connectivity index (χ1) is 13.0. The van der Waals surface area contributed by atoms with Crippen LogP contribution in [0.5, 0.6) is 5.75 Å². The number of carbonyl (C=O) groups is 2. The number of carbonyl (C=O) groups excluding carboxylic acids is 2. The number of hydrogen-bond acceptors (Lipinski definition) is 4. The van der Waals surface area contributed by atoms with Gasteiger partial charge in [-0.2, -0.15) is 8.78 Å². The Morgan fingerprint density at radius 2 is 1.89 bits per heavy atom. The minimum atomic E-state index is -3.00. The van der Waals surface area contributed by atoms with Gasteiger partial charge in [0.05, 0.1) is 11.5 Å². The van der Waals surface area contributed by atoms with Crippen molar-refractivity contribution < 1.29 is 23.1 Å². The van der Waals surface area contributed by atoms with Crippen molar-refractivity contribution in [3.8, 4) is 5.75 Å². The number of para-hydroxylation sites is 1. The average Bonchev–Trinajstić information content (AvgIpc) is 3.15. The summed E-state index contributed by atoms with van der Waals surface area (Å²) in [5, 5.41) is 0. The smallest absolute Gasteiger partial charge is 0.387 e. The van der Waals surface area contributed by atoms with E-state index < -0.39 is 6.61 Å². The molecule has 0 bridgehead atoms. The number of hydrogen-bond donors (Lipinski definition) is 1. The summed E-state index contributed by atoms with van der Waals surface area (Å²) in [7, 11) is 0. The van der Waals surface area contributed by atoms with E-state index in [0.29, 0.717) is 32.5 Å². The fourth-order valence-corrected chi connectivity index (χ4v) is 3.98.